The molecule has 0 spiro atoms. The molecule has 7 rings (SSSR count). The lowest BCUT2D eigenvalue weighted by Gasteiger charge is -2.29. The SMILES string of the molecule is c1ccc2c(COC3C4CCC(N4)C3OCc3ccc(OCCSc4nc5ccccc5s4)cc3)cccc2c1. The molecular weight excluding hydrogens is 537 g/mol. The van der Waals surface area contributed by atoms with Gasteiger partial charge < -0.3 is 19.5 Å². The Morgan fingerprint density at radius 2 is 1.55 bits per heavy atom. The highest BCUT2D eigenvalue weighted by Crippen LogP contribution is 2.35. The highest BCUT2D eigenvalue weighted by molar-refractivity contribution is 8.01. The van der Waals surface area contributed by atoms with Gasteiger partial charge in [-0.25, -0.2) is 4.98 Å². The second kappa shape index (κ2) is 11.9. The van der Waals surface area contributed by atoms with E-state index in [0.29, 0.717) is 31.9 Å². The summed E-state index contributed by atoms with van der Waals surface area (Å²) in [6.45, 7) is 1.81. The van der Waals surface area contributed by atoms with Gasteiger partial charge in [-0.05, 0) is 59.0 Å². The van der Waals surface area contributed by atoms with Gasteiger partial charge in [0.05, 0.1) is 30.0 Å². The Labute approximate surface area is 242 Å². The van der Waals surface area contributed by atoms with Gasteiger partial charge in [0.2, 0.25) is 0 Å². The zero-order valence-electron chi connectivity index (χ0n) is 22.2. The summed E-state index contributed by atoms with van der Waals surface area (Å²) in [5, 5.41) is 6.23. The molecule has 1 N–H and O–H groups in total. The molecule has 2 saturated heterocycles. The monoisotopic (exact) mass is 568 g/mol. The first kappa shape index (κ1) is 26.0. The molecule has 4 aromatic carbocycles. The lowest BCUT2D eigenvalue weighted by Crippen LogP contribution is -2.40. The number of benzene rings is 4. The van der Waals surface area contributed by atoms with Gasteiger partial charge in [-0.3, -0.25) is 0 Å². The Hall–Kier alpha value is -2.94. The highest BCUT2D eigenvalue weighted by atomic mass is 32.2. The summed E-state index contributed by atoms with van der Waals surface area (Å²) in [4.78, 5) is 4.68. The third kappa shape index (κ3) is 5.62. The minimum atomic E-state index is 0.0594. The van der Waals surface area contributed by atoms with E-state index in [1.165, 1.54) is 21.0 Å². The number of ether oxygens (including phenoxy) is 3. The number of thiazole rings is 1. The molecule has 3 heterocycles. The normalized spacial score (nSPS) is 21.9. The Morgan fingerprint density at radius 1 is 0.800 bits per heavy atom. The average Bonchev–Trinajstić information content (AvgIpc) is 3.73. The van der Waals surface area contributed by atoms with Crippen LogP contribution in [-0.2, 0) is 22.7 Å². The van der Waals surface area contributed by atoms with Crippen LogP contribution >= 0.6 is 23.1 Å². The van der Waals surface area contributed by atoms with E-state index in [1.54, 1.807) is 23.1 Å². The van der Waals surface area contributed by atoms with Crippen molar-refractivity contribution in [2.24, 2.45) is 0 Å². The summed E-state index contributed by atoms with van der Waals surface area (Å²) in [7, 11) is 0. The molecule has 4 atom stereocenters. The number of aromatic nitrogens is 1. The summed E-state index contributed by atoms with van der Waals surface area (Å²) in [6.07, 6.45) is 2.41. The van der Waals surface area contributed by atoms with Crippen molar-refractivity contribution in [3.8, 4) is 5.75 Å². The third-order valence-corrected chi connectivity index (χ3v) is 10.0. The predicted octanol–water partition coefficient (Wildman–Crippen LogP) is 7.23. The topological polar surface area (TPSA) is 52.6 Å². The minimum Gasteiger partial charge on any atom is -0.493 e. The lowest BCUT2D eigenvalue weighted by molar-refractivity contribution is -0.0885. The average molecular weight is 569 g/mol. The first-order valence-electron chi connectivity index (χ1n) is 14.0. The molecule has 2 fully saturated rings. The number of nitrogens with one attached hydrogen (secondary N) is 1. The van der Waals surface area contributed by atoms with Gasteiger partial charge in [-0.15, -0.1) is 11.3 Å². The van der Waals surface area contributed by atoms with Crippen LogP contribution in [0.3, 0.4) is 0 Å². The van der Waals surface area contributed by atoms with Crippen molar-refractivity contribution >= 4 is 44.1 Å². The molecule has 0 amide bonds. The first-order valence-corrected chi connectivity index (χ1v) is 15.8. The van der Waals surface area contributed by atoms with Crippen LogP contribution in [0.4, 0.5) is 0 Å². The Kier molecular flexibility index (Phi) is 7.72. The summed E-state index contributed by atoms with van der Waals surface area (Å²) >= 11 is 3.48. The molecule has 7 heteroatoms. The van der Waals surface area contributed by atoms with E-state index < -0.39 is 0 Å². The van der Waals surface area contributed by atoms with Crippen molar-refractivity contribution < 1.29 is 14.2 Å². The van der Waals surface area contributed by atoms with Crippen molar-refractivity contribution in [2.75, 3.05) is 12.4 Å². The van der Waals surface area contributed by atoms with E-state index in [9.17, 15) is 0 Å². The van der Waals surface area contributed by atoms with Crippen LogP contribution < -0.4 is 10.1 Å². The van der Waals surface area contributed by atoms with Gasteiger partial charge in [0.1, 0.15) is 18.0 Å². The number of fused-ring (bicyclic) bond motifs is 4. The van der Waals surface area contributed by atoms with Gasteiger partial charge in [0.15, 0.2) is 4.34 Å². The number of hydrogen-bond acceptors (Lipinski definition) is 7. The first-order chi connectivity index (χ1) is 19.8. The van der Waals surface area contributed by atoms with Gasteiger partial charge >= 0.3 is 0 Å². The molecule has 2 aliphatic rings. The number of hydrogen-bond donors (Lipinski definition) is 1. The van der Waals surface area contributed by atoms with Crippen molar-refractivity contribution in [1.82, 2.24) is 10.3 Å². The summed E-state index contributed by atoms with van der Waals surface area (Å²) in [6, 6.07) is 32.2. The lowest BCUT2D eigenvalue weighted by atomic mass is 9.94. The highest BCUT2D eigenvalue weighted by Gasteiger charge is 2.49. The summed E-state index contributed by atoms with van der Waals surface area (Å²) in [5.41, 5.74) is 3.44. The molecule has 40 heavy (non-hydrogen) atoms. The van der Waals surface area contributed by atoms with E-state index in [0.717, 1.165) is 39.8 Å². The van der Waals surface area contributed by atoms with Crippen molar-refractivity contribution in [1.29, 1.82) is 0 Å². The van der Waals surface area contributed by atoms with Crippen LogP contribution in [0.1, 0.15) is 24.0 Å². The Bertz CT molecular complexity index is 1550. The standard InChI is InChI=1S/C33H32N2O3S2/c1-2-9-26-23(6-1)7-5-8-24(26)21-38-32-29-17-16-28(34-29)31(32)37-20-22-12-14-25(15-13-22)36-18-19-39-33-35-27-10-3-4-11-30(27)40-33/h1-15,28-29,31-32,34H,16-21H2. The van der Waals surface area contributed by atoms with Crippen molar-refractivity contribution in [3.05, 3.63) is 102 Å². The summed E-state index contributed by atoms with van der Waals surface area (Å²) in [5.74, 6) is 1.74. The second-order valence-electron chi connectivity index (χ2n) is 10.4. The fourth-order valence-electron chi connectivity index (χ4n) is 5.88. The zero-order valence-corrected chi connectivity index (χ0v) is 23.8. The van der Waals surface area contributed by atoms with Gasteiger partial charge in [0.25, 0.3) is 0 Å². The third-order valence-electron chi connectivity index (χ3n) is 7.86. The fourth-order valence-corrected chi connectivity index (χ4v) is 7.84. The Balaban J connectivity index is 0.901. The van der Waals surface area contributed by atoms with E-state index in [-0.39, 0.29) is 12.2 Å². The van der Waals surface area contributed by atoms with E-state index in [1.807, 2.05) is 18.2 Å². The predicted molar refractivity (Wildman–Crippen MR) is 163 cm³/mol. The molecular formula is C33H32N2O3S2. The molecule has 2 bridgehead atoms. The second-order valence-corrected chi connectivity index (χ2v) is 12.8. The van der Waals surface area contributed by atoms with E-state index >= 15 is 0 Å². The van der Waals surface area contributed by atoms with Gasteiger partial charge in [0, 0.05) is 17.8 Å². The van der Waals surface area contributed by atoms with E-state index in [4.69, 9.17) is 14.2 Å². The smallest absolute Gasteiger partial charge is 0.151 e. The molecule has 0 aliphatic carbocycles. The number of rotatable bonds is 11. The molecule has 0 saturated carbocycles. The maximum atomic E-state index is 6.54. The maximum Gasteiger partial charge on any atom is 0.151 e. The molecule has 2 aliphatic heterocycles. The zero-order chi connectivity index (χ0) is 26.7. The van der Waals surface area contributed by atoms with Crippen LogP contribution in [0.15, 0.2) is 95.3 Å². The number of thioether (sulfide) groups is 1. The Morgan fingerprint density at radius 3 is 2.40 bits per heavy atom. The van der Waals surface area contributed by atoms with Crippen LogP contribution in [0.2, 0.25) is 0 Å². The maximum absolute atomic E-state index is 6.54. The molecule has 5 aromatic rings. The quantitative estimate of drug-likeness (QED) is 0.134. The van der Waals surface area contributed by atoms with Crippen LogP contribution in [-0.4, -0.2) is 41.6 Å². The molecule has 4 unspecified atom stereocenters. The van der Waals surface area contributed by atoms with Crippen molar-refractivity contribution in [3.63, 3.8) is 0 Å². The van der Waals surface area contributed by atoms with E-state index in [2.05, 4.69) is 83.1 Å². The van der Waals surface area contributed by atoms with Crippen LogP contribution in [0.25, 0.3) is 21.0 Å². The molecule has 5 nitrogen and oxygen atoms in total. The molecule has 1 aromatic heterocycles. The molecule has 204 valence electrons. The fraction of sp³-hybridized carbons (Fsp3) is 0.303. The number of para-hydroxylation sites is 1. The molecule has 0 radical (unpaired) electrons. The van der Waals surface area contributed by atoms with Crippen LogP contribution in [0.5, 0.6) is 5.75 Å². The number of nitrogens with zero attached hydrogens (tertiary/aromatic N) is 1. The minimum absolute atomic E-state index is 0.0594. The van der Waals surface area contributed by atoms with Crippen molar-refractivity contribution in [2.45, 2.75) is 54.7 Å². The van der Waals surface area contributed by atoms with Gasteiger partial charge in [-0.2, -0.15) is 0 Å². The van der Waals surface area contributed by atoms with Crippen LogP contribution in [0, 0.1) is 0 Å². The van der Waals surface area contributed by atoms with Gasteiger partial charge in [-0.1, -0.05) is 78.5 Å². The summed E-state index contributed by atoms with van der Waals surface area (Å²) < 4.78 is 21.3. The largest absolute Gasteiger partial charge is 0.493 e.